The number of likely N-dealkylation sites (tertiary alicyclic amines) is 1. The van der Waals surface area contributed by atoms with E-state index in [1.165, 1.54) is 77.3 Å². The average Bonchev–Trinajstić information content (AvgIpc) is 1.49. The number of esters is 2. The molecule has 0 radical (unpaired) electrons. The molecule has 11 rings (SSSR count). The minimum absolute atomic E-state index is 0.0107. The first kappa shape index (κ1) is 79.5. The lowest BCUT2D eigenvalue weighted by molar-refractivity contribution is -0.250. The van der Waals surface area contributed by atoms with Crippen LogP contribution >= 0.6 is 7.55 Å². The number of ketones is 2. The maximum Gasteiger partial charge on any atom is 0.312 e. The van der Waals surface area contributed by atoms with E-state index in [-0.39, 0.29) is 87.4 Å². The summed E-state index contributed by atoms with van der Waals surface area (Å²) >= 11 is 0. The van der Waals surface area contributed by atoms with Crippen molar-refractivity contribution in [3.8, 4) is 28.7 Å². The first-order chi connectivity index (χ1) is 48.1. The second-order valence-electron chi connectivity index (χ2n) is 28.8. The van der Waals surface area contributed by atoms with Gasteiger partial charge in [0.25, 0.3) is 11.7 Å². The maximum absolute atomic E-state index is 15.3. The molecule has 554 valence electrons. The number of likely N-dealkylation sites (N-methyl/N-ethyl adjacent to an activating group) is 1. The van der Waals surface area contributed by atoms with Gasteiger partial charge in [-0.15, -0.1) is 0 Å². The molecule has 7 bridgehead atoms. The lowest BCUT2D eigenvalue weighted by Crippen LogP contribution is -2.67. The number of hydrogen-bond acceptors (Lipinski definition) is 22. The molecule has 3 aromatic carbocycles. The van der Waals surface area contributed by atoms with E-state index in [1.54, 1.807) is 54.5 Å². The van der Waals surface area contributed by atoms with Gasteiger partial charge < -0.3 is 78.5 Å². The molecule has 12 atom stereocenters. The Hall–Kier alpha value is -8.22. The minimum atomic E-state index is -2.05. The number of hydrogen-bond donors (Lipinski definition) is 5. The Morgan fingerprint density at radius 3 is 2.27 bits per heavy atom. The Kier molecular flexibility index (Phi) is 25.8. The van der Waals surface area contributed by atoms with Gasteiger partial charge in [-0.2, -0.15) is 0 Å². The number of rotatable bonds is 24. The number of carbonyl (C=O) groups excluding carboxylic acids is 9. The Morgan fingerprint density at radius 2 is 1.66 bits per heavy atom. The quantitative estimate of drug-likeness (QED) is 0.0109. The lowest BCUT2D eigenvalue weighted by atomic mass is 9.68. The number of nitrogens with zero attached hydrogens (tertiary/aromatic N) is 4. The molecule has 8 aliphatic heterocycles. The minimum Gasteiger partial charge on any atom is -0.507 e. The molecule has 26 heteroatoms. The molecule has 102 heavy (non-hydrogen) atoms. The SMILES string of the molecule is C=[P+](C)CC(NC(=O)CCc1c(OC(=O)CC)cc(C)c(OCCCCC(C=O)C=O)c1C)C(=O)N(C)CC(=O)C12C=CC=C(C)C(=O)N=c3c(O)c4c(O)c(C)c5c(c4c4c3=NC3(CCN(CC(C)C)CC3)N4)C(=O)C(C)(OC=CC(OC)C(C)C(OC(C)=O)C(C)C(O)C(C)C(O1)C2C)O5. The zero-order valence-electron chi connectivity index (χ0n) is 61.7. The zero-order valence-corrected chi connectivity index (χ0v) is 62.6. The molecule has 12 unspecified atom stereocenters. The molecule has 3 aromatic rings. The number of anilines is 1. The number of amides is 3. The van der Waals surface area contributed by atoms with E-state index in [2.05, 4.69) is 40.7 Å². The summed E-state index contributed by atoms with van der Waals surface area (Å²) in [5, 5.41) is 43.2. The van der Waals surface area contributed by atoms with Gasteiger partial charge in [0, 0.05) is 119 Å². The van der Waals surface area contributed by atoms with Crippen LogP contribution in [0, 0.1) is 56.3 Å². The van der Waals surface area contributed by atoms with Crippen molar-refractivity contribution in [1.82, 2.24) is 15.1 Å². The number of carbonyl (C=O) groups is 9. The summed E-state index contributed by atoms with van der Waals surface area (Å²) in [6, 6.07) is 0.529. The molecule has 5 N–H and O–H groups in total. The van der Waals surface area contributed by atoms with Gasteiger partial charge in [0.05, 0.1) is 80.8 Å². The number of aromatic hydroxyl groups is 2. The first-order valence-corrected chi connectivity index (χ1v) is 37.3. The molecule has 0 saturated carbocycles. The Morgan fingerprint density at radius 1 is 0.971 bits per heavy atom. The smallest absolute Gasteiger partial charge is 0.312 e. The van der Waals surface area contributed by atoms with Gasteiger partial charge >= 0.3 is 17.7 Å². The monoisotopic (exact) mass is 1430 g/mol. The molecule has 8 heterocycles. The van der Waals surface area contributed by atoms with Crippen molar-refractivity contribution in [3.63, 3.8) is 0 Å². The van der Waals surface area contributed by atoms with Crippen molar-refractivity contribution in [2.75, 3.05) is 65.1 Å². The van der Waals surface area contributed by atoms with Crippen molar-refractivity contribution in [3.05, 3.63) is 80.7 Å². The maximum atomic E-state index is 15.3. The number of aliphatic hydroxyl groups is 1. The summed E-state index contributed by atoms with van der Waals surface area (Å²) in [6.07, 6.45) is 11.1. The van der Waals surface area contributed by atoms with Crippen molar-refractivity contribution in [2.24, 2.45) is 45.5 Å². The van der Waals surface area contributed by atoms with Gasteiger partial charge in [0.1, 0.15) is 70.3 Å². The lowest BCUT2D eigenvalue weighted by Gasteiger charge is -2.54. The average molecular weight is 1430 g/mol. The standard InChI is InChI=1S/C76H101N6O19P/c1-18-57(88)99-54-34-42(5)67(96-32-20-19-23-50(37-83)38-84)43(6)51(54)24-25-56(87)77-52(39-102(16)17)73(94)81(14)36-55(86)76-27-21-22-41(4)72(93)78-63-62-61(79-75(80-62)28-30-82(31-29-75)35-40(2)3)58-59(66(63)91)65(90)47(10)70-60(58)71(92)74(13,100-70)97-33-26-53(95-15)44(7)68(98-49(12)85)45(8)64(89)46(9)69(101-76)48(76)11/h21-22,26-27,33-34,37-38,40,44-46,48,50,52-53,64,68-69,89H,16,18-20,23-25,28-32,35-36,39H2,1-15,17H3,(H3-,77,78,79,80,87,90,91,92,93)/p+1. The number of phenolic OH excluding ortho intramolecular Hbond substituents is 2. The largest absolute Gasteiger partial charge is 0.507 e. The summed E-state index contributed by atoms with van der Waals surface area (Å²) in [7, 11) is 1.78. The third kappa shape index (κ3) is 16.7. The molecule has 2 fully saturated rings. The highest BCUT2D eigenvalue weighted by Gasteiger charge is 2.59. The van der Waals surface area contributed by atoms with Gasteiger partial charge in [-0.05, 0) is 88.6 Å². The number of allylic oxidation sites excluding steroid dienone is 2. The van der Waals surface area contributed by atoms with Crippen LogP contribution in [0.2, 0.25) is 0 Å². The predicted octanol–water partition coefficient (Wildman–Crippen LogP) is 7.71. The Balaban J connectivity index is 1.15. The highest BCUT2D eigenvalue weighted by atomic mass is 31.1. The van der Waals surface area contributed by atoms with E-state index in [0.717, 1.165) is 6.54 Å². The van der Waals surface area contributed by atoms with Crippen LogP contribution in [0.3, 0.4) is 0 Å². The highest BCUT2D eigenvalue weighted by molar-refractivity contribution is 7.55. The van der Waals surface area contributed by atoms with Crippen molar-refractivity contribution >= 4 is 84.1 Å². The van der Waals surface area contributed by atoms with E-state index in [4.69, 9.17) is 38.2 Å². The van der Waals surface area contributed by atoms with Crippen molar-refractivity contribution in [2.45, 2.75) is 189 Å². The summed E-state index contributed by atoms with van der Waals surface area (Å²) < 4.78 is 43.3. The molecular formula is C76H102N6O19P+. The summed E-state index contributed by atoms with van der Waals surface area (Å²) in [5.41, 5.74) is -0.635. The van der Waals surface area contributed by atoms with Gasteiger partial charge in [-0.25, -0.2) is 4.99 Å². The third-order valence-electron chi connectivity index (χ3n) is 20.5. The Labute approximate surface area is 597 Å². The summed E-state index contributed by atoms with van der Waals surface area (Å²) in [5.74, 6) is -10.0. The van der Waals surface area contributed by atoms with Gasteiger partial charge in [-0.1, -0.05) is 60.6 Å². The number of aryl methyl sites for hydroxylation is 1. The van der Waals surface area contributed by atoms with Crippen LogP contribution in [0.4, 0.5) is 5.69 Å². The molecule has 8 aliphatic rings. The molecule has 25 nitrogen and oxygen atoms in total. The van der Waals surface area contributed by atoms with E-state index in [1.807, 2.05) is 6.66 Å². The van der Waals surface area contributed by atoms with Crippen LogP contribution in [-0.4, -0.2) is 192 Å². The van der Waals surface area contributed by atoms with Crippen LogP contribution in [0.15, 0.2) is 52.2 Å². The second-order valence-corrected chi connectivity index (χ2v) is 30.9. The van der Waals surface area contributed by atoms with E-state index in [0.29, 0.717) is 86.1 Å². The fourth-order valence-corrected chi connectivity index (χ4v) is 15.5. The van der Waals surface area contributed by atoms with Crippen LogP contribution in [0.1, 0.15) is 147 Å². The number of phenols is 2. The summed E-state index contributed by atoms with van der Waals surface area (Å²) in [4.78, 5) is 135. The first-order valence-electron chi connectivity index (χ1n) is 35.2. The fourth-order valence-electron chi connectivity index (χ4n) is 14.7. The van der Waals surface area contributed by atoms with Crippen molar-refractivity contribution < 1.29 is 91.6 Å². The van der Waals surface area contributed by atoms with Gasteiger partial charge in [0.2, 0.25) is 11.8 Å². The second kappa shape index (κ2) is 33.0. The molecular weight excluding hydrogens is 1330 g/mol. The normalized spacial score (nSPS) is 25.2. The Bertz CT molecular complexity index is 4020. The number of aldehydes is 2. The number of Topliss-reactive ketones (excluding diaryl/α,β-unsaturated/α-hetero) is 2. The topological polar surface area (TPSA) is 334 Å². The number of methoxy groups -OCH3 is 1. The van der Waals surface area contributed by atoms with Gasteiger partial charge in [0.15, 0.2) is 17.1 Å². The van der Waals surface area contributed by atoms with E-state index < -0.39 is 144 Å². The van der Waals surface area contributed by atoms with Gasteiger partial charge in [-0.3, -0.25) is 38.6 Å². The summed E-state index contributed by atoms with van der Waals surface area (Å²) in [6.45, 7) is 25.8. The molecule has 1 spiro atoms. The van der Waals surface area contributed by atoms with Crippen LogP contribution in [-0.2, 0) is 63.7 Å². The van der Waals surface area contributed by atoms with E-state index in [9.17, 15) is 48.9 Å². The molecule has 0 aromatic heterocycles. The fraction of sp³-hybridized carbons (Fsp3) is 0.579. The zero-order chi connectivity index (χ0) is 75.2. The number of ether oxygens (including phenoxy) is 7. The molecule has 0 aliphatic carbocycles. The van der Waals surface area contributed by atoms with E-state index >= 15 is 9.59 Å². The van der Waals surface area contributed by atoms with Crippen LogP contribution in [0.25, 0.3) is 10.8 Å². The van der Waals surface area contributed by atoms with Crippen molar-refractivity contribution in [1.29, 1.82) is 0 Å². The third-order valence-corrected chi connectivity index (χ3v) is 21.5. The number of benzene rings is 3. The highest BCUT2D eigenvalue weighted by Crippen LogP contribution is 2.52. The molecule has 2 saturated heterocycles. The van der Waals surface area contributed by atoms with Crippen LogP contribution in [0.5, 0.6) is 28.7 Å². The predicted molar refractivity (Wildman–Crippen MR) is 384 cm³/mol. The number of nitrogens with one attached hydrogen (secondary N) is 2. The molecule has 3 amide bonds. The number of unbranched alkanes of at least 4 members (excludes halogenated alkanes) is 1. The van der Waals surface area contributed by atoms with Crippen LogP contribution < -0.4 is 35.6 Å². The number of aliphatic hydroxyl groups excluding tert-OH is 1. The number of piperidine rings is 1.